The van der Waals surface area contributed by atoms with Crippen molar-refractivity contribution < 1.29 is 42.9 Å². The Kier molecular flexibility index (Phi) is 29.2. The Balaban J connectivity index is 0.00000707. The van der Waals surface area contributed by atoms with Crippen LogP contribution >= 0.6 is 0 Å². The number of carbonyl (C=O) groups excluding carboxylic acids is 4. The van der Waals surface area contributed by atoms with Gasteiger partial charge in [0, 0.05) is 25.1 Å². The molecule has 13 heteroatoms. The average Bonchev–Trinajstić information content (AvgIpc) is 3.06. The van der Waals surface area contributed by atoms with E-state index in [1.807, 2.05) is 0 Å². The molecule has 1 rings (SSSR count). The Morgan fingerprint density at radius 3 is 1.85 bits per heavy atom. The van der Waals surface area contributed by atoms with Crippen LogP contribution in [0.15, 0.2) is 24.3 Å². The summed E-state index contributed by atoms with van der Waals surface area (Å²) in [5.41, 5.74) is 6.91. The van der Waals surface area contributed by atoms with E-state index in [0.717, 1.165) is 18.6 Å². The number of nitrogens with one attached hydrogen (secondary N) is 3. The van der Waals surface area contributed by atoms with Gasteiger partial charge in [-0.25, -0.2) is 0 Å². The average molecular weight is 683 g/mol. The number of anilines is 1. The zero-order valence-corrected chi connectivity index (χ0v) is 29.9. The molecule has 0 bridgehead atoms. The lowest BCUT2D eigenvalue weighted by Crippen LogP contribution is -2.47. The van der Waals surface area contributed by atoms with E-state index < -0.39 is 11.9 Å². The highest BCUT2D eigenvalue weighted by Gasteiger charge is 2.21. The number of unbranched alkanes of at least 4 members (excludes halogenated alkanes) is 1. The molecule has 0 radical (unpaired) electrons. The van der Waals surface area contributed by atoms with Crippen LogP contribution in [0, 0.1) is 5.92 Å². The standard InChI is InChI=1S/C32H54N4O9.C3H8/c1-4-31(39)45-24-26-8-10-27(11-9-26)35-32(40)28(7-5-6-14-33)36-30(38)23-34-29(37)13-16-42-18-20-44-22-21-43-19-17-41-15-12-25(2)3;1-3-2/h8-11,25,28H,4-7,12-24,33H2,1-3H3,(H,34,37)(H,35,40)(H,36,38);3H2,1-2H3. The molecule has 1 aromatic carbocycles. The zero-order valence-electron chi connectivity index (χ0n) is 29.9. The van der Waals surface area contributed by atoms with E-state index in [4.69, 9.17) is 29.4 Å². The highest BCUT2D eigenvalue weighted by molar-refractivity contribution is 5.97. The Bertz CT molecular complexity index is 977. The van der Waals surface area contributed by atoms with Gasteiger partial charge in [0.1, 0.15) is 12.6 Å². The van der Waals surface area contributed by atoms with E-state index in [-0.39, 0.29) is 44.0 Å². The molecule has 0 saturated heterocycles. The third-order valence-corrected chi connectivity index (χ3v) is 6.38. The minimum atomic E-state index is -0.803. The van der Waals surface area contributed by atoms with E-state index in [9.17, 15) is 19.2 Å². The highest BCUT2D eigenvalue weighted by atomic mass is 16.6. The Morgan fingerprint density at radius 2 is 1.31 bits per heavy atom. The lowest BCUT2D eigenvalue weighted by molar-refractivity contribution is -0.144. The molecule has 48 heavy (non-hydrogen) atoms. The molecule has 13 nitrogen and oxygen atoms in total. The van der Waals surface area contributed by atoms with Crippen molar-refractivity contribution in [2.75, 3.05) is 71.3 Å². The highest BCUT2D eigenvalue weighted by Crippen LogP contribution is 2.12. The van der Waals surface area contributed by atoms with Gasteiger partial charge in [-0.15, -0.1) is 0 Å². The molecule has 0 saturated carbocycles. The van der Waals surface area contributed by atoms with Crippen LogP contribution in [0.5, 0.6) is 0 Å². The molecular formula is C35H62N4O9. The minimum absolute atomic E-state index is 0.0846. The van der Waals surface area contributed by atoms with Crippen molar-refractivity contribution in [2.45, 2.75) is 92.2 Å². The molecule has 0 aliphatic carbocycles. The van der Waals surface area contributed by atoms with Crippen molar-refractivity contribution in [1.82, 2.24) is 10.6 Å². The van der Waals surface area contributed by atoms with Gasteiger partial charge < -0.3 is 45.4 Å². The number of esters is 1. The third kappa shape index (κ3) is 26.9. The molecule has 1 atom stereocenters. The van der Waals surface area contributed by atoms with Crippen LogP contribution in [-0.2, 0) is 49.5 Å². The Labute approximate surface area is 287 Å². The molecular weight excluding hydrogens is 620 g/mol. The SMILES string of the molecule is CCC.CCC(=O)OCc1ccc(NC(=O)C(CCCCN)NC(=O)CNC(=O)CCOCCOCCOCCOCCC(C)C)cc1. The van der Waals surface area contributed by atoms with Gasteiger partial charge >= 0.3 is 5.97 Å². The number of ether oxygens (including phenoxy) is 5. The quantitative estimate of drug-likeness (QED) is 0.0790. The summed E-state index contributed by atoms with van der Waals surface area (Å²) in [5, 5.41) is 8.04. The monoisotopic (exact) mass is 682 g/mol. The van der Waals surface area contributed by atoms with Crippen molar-refractivity contribution in [3.63, 3.8) is 0 Å². The second-order valence-corrected chi connectivity index (χ2v) is 11.5. The molecule has 0 aromatic heterocycles. The molecule has 0 fully saturated rings. The smallest absolute Gasteiger partial charge is 0.305 e. The van der Waals surface area contributed by atoms with Crippen LogP contribution in [-0.4, -0.2) is 95.7 Å². The summed E-state index contributed by atoms with van der Waals surface area (Å²) in [6.45, 7) is 14.3. The normalized spacial score (nSPS) is 11.3. The van der Waals surface area contributed by atoms with Gasteiger partial charge in [0.25, 0.3) is 0 Å². The van der Waals surface area contributed by atoms with Gasteiger partial charge in [0.15, 0.2) is 0 Å². The first-order valence-electron chi connectivity index (χ1n) is 17.3. The summed E-state index contributed by atoms with van der Waals surface area (Å²) in [6.07, 6.45) is 4.41. The van der Waals surface area contributed by atoms with Crippen molar-refractivity contribution in [3.8, 4) is 0 Å². The number of rotatable bonds is 27. The summed E-state index contributed by atoms with van der Waals surface area (Å²) < 4.78 is 26.9. The summed E-state index contributed by atoms with van der Waals surface area (Å²) in [7, 11) is 0. The number of carbonyl (C=O) groups is 4. The molecule has 1 aromatic rings. The predicted octanol–water partition coefficient (Wildman–Crippen LogP) is 3.73. The fraction of sp³-hybridized carbons (Fsp3) is 0.714. The summed E-state index contributed by atoms with van der Waals surface area (Å²) in [5.74, 6) is -0.873. The molecule has 1 unspecified atom stereocenters. The van der Waals surface area contributed by atoms with E-state index in [2.05, 4.69) is 43.6 Å². The first-order chi connectivity index (χ1) is 23.2. The van der Waals surface area contributed by atoms with Crippen LogP contribution in [0.2, 0.25) is 0 Å². The second kappa shape index (κ2) is 31.2. The van der Waals surface area contributed by atoms with Crippen molar-refractivity contribution in [2.24, 2.45) is 11.7 Å². The first kappa shape index (κ1) is 44.9. The van der Waals surface area contributed by atoms with Gasteiger partial charge in [-0.3, -0.25) is 19.2 Å². The topological polar surface area (TPSA) is 177 Å². The van der Waals surface area contributed by atoms with E-state index >= 15 is 0 Å². The minimum Gasteiger partial charge on any atom is -0.461 e. The van der Waals surface area contributed by atoms with Gasteiger partial charge in [-0.05, 0) is 55.8 Å². The van der Waals surface area contributed by atoms with Crippen LogP contribution in [0.3, 0.4) is 0 Å². The number of amides is 3. The third-order valence-electron chi connectivity index (χ3n) is 6.38. The number of hydrogen-bond donors (Lipinski definition) is 4. The maximum Gasteiger partial charge on any atom is 0.305 e. The van der Waals surface area contributed by atoms with E-state index in [1.165, 1.54) is 6.42 Å². The lowest BCUT2D eigenvalue weighted by atomic mass is 10.1. The lowest BCUT2D eigenvalue weighted by Gasteiger charge is -2.19. The van der Waals surface area contributed by atoms with Crippen LogP contribution in [0.25, 0.3) is 0 Å². The Morgan fingerprint density at radius 1 is 0.750 bits per heavy atom. The van der Waals surface area contributed by atoms with Gasteiger partial charge in [-0.1, -0.05) is 53.2 Å². The molecule has 0 aliphatic heterocycles. The van der Waals surface area contributed by atoms with Crippen LogP contribution < -0.4 is 21.7 Å². The van der Waals surface area contributed by atoms with Gasteiger partial charge in [0.05, 0.1) is 52.8 Å². The maximum atomic E-state index is 12.9. The summed E-state index contributed by atoms with van der Waals surface area (Å²) >= 11 is 0. The molecule has 3 amide bonds. The maximum absolute atomic E-state index is 12.9. The van der Waals surface area contributed by atoms with Crippen molar-refractivity contribution in [1.29, 1.82) is 0 Å². The van der Waals surface area contributed by atoms with Crippen LogP contribution in [0.1, 0.15) is 85.1 Å². The summed E-state index contributed by atoms with van der Waals surface area (Å²) in [6, 6.07) is 6.08. The first-order valence-corrected chi connectivity index (χ1v) is 17.3. The van der Waals surface area contributed by atoms with Crippen molar-refractivity contribution in [3.05, 3.63) is 29.8 Å². The Hall–Kier alpha value is -3.10. The van der Waals surface area contributed by atoms with Gasteiger partial charge in [-0.2, -0.15) is 0 Å². The zero-order chi connectivity index (χ0) is 35.8. The molecule has 276 valence electrons. The molecule has 0 heterocycles. The molecule has 0 spiro atoms. The van der Waals surface area contributed by atoms with E-state index in [1.54, 1.807) is 31.2 Å². The van der Waals surface area contributed by atoms with E-state index in [0.29, 0.717) is 83.5 Å². The fourth-order valence-corrected chi connectivity index (χ4v) is 3.70. The van der Waals surface area contributed by atoms with Gasteiger partial charge in [0.2, 0.25) is 17.7 Å². The molecule has 5 N–H and O–H groups in total. The summed E-state index contributed by atoms with van der Waals surface area (Å²) in [4.78, 5) is 48.9. The van der Waals surface area contributed by atoms with Crippen LogP contribution in [0.4, 0.5) is 5.69 Å². The largest absolute Gasteiger partial charge is 0.461 e. The number of benzene rings is 1. The number of hydrogen-bond acceptors (Lipinski definition) is 10. The predicted molar refractivity (Wildman–Crippen MR) is 186 cm³/mol. The number of nitrogens with two attached hydrogens (primary N) is 1. The fourth-order valence-electron chi connectivity index (χ4n) is 3.70. The van der Waals surface area contributed by atoms with Crippen molar-refractivity contribution >= 4 is 29.4 Å². The second-order valence-electron chi connectivity index (χ2n) is 11.5. The molecule has 0 aliphatic rings.